The van der Waals surface area contributed by atoms with Gasteiger partial charge in [0.15, 0.2) is 5.82 Å². The summed E-state index contributed by atoms with van der Waals surface area (Å²) in [5, 5.41) is 10.1. The van der Waals surface area contributed by atoms with Crippen LogP contribution in [0, 0.1) is 0 Å². The molecule has 0 fully saturated rings. The number of hydrogen-bond donors (Lipinski definition) is 1. The van der Waals surface area contributed by atoms with Gasteiger partial charge in [-0.05, 0) is 12.1 Å². The fourth-order valence-corrected chi connectivity index (χ4v) is 2.34. The Morgan fingerprint density at radius 2 is 2.15 bits per heavy atom. The van der Waals surface area contributed by atoms with Crippen LogP contribution in [0.1, 0.15) is 23.4 Å². The van der Waals surface area contributed by atoms with Crippen LogP contribution in [0.3, 0.4) is 0 Å². The van der Waals surface area contributed by atoms with E-state index in [-0.39, 0.29) is 12.6 Å². The number of pyridine rings is 1. The van der Waals surface area contributed by atoms with E-state index in [9.17, 15) is 13.2 Å². The van der Waals surface area contributed by atoms with Crippen LogP contribution in [-0.2, 0) is 19.1 Å². The minimum atomic E-state index is -4.47. The van der Waals surface area contributed by atoms with E-state index in [1.165, 1.54) is 0 Å². The lowest BCUT2D eigenvalue weighted by Gasteiger charge is -2.25. The van der Waals surface area contributed by atoms with Crippen LogP contribution in [0.5, 0.6) is 0 Å². The number of hydrogen-bond acceptors (Lipinski definition) is 4. The van der Waals surface area contributed by atoms with Gasteiger partial charge in [0.05, 0.1) is 6.04 Å². The van der Waals surface area contributed by atoms with Crippen LogP contribution in [0.15, 0.2) is 24.4 Å². The molecule has 3 rings (SSSR count). The standard InChI is InChI=1S/C12H12F3N5/c13-12(14,15)11-19-18-10-9(17-5-6-20(10)11)7-8-3-1-2-4-16-8/h1-4,9,17H,5-7H2. The van der Waals surface area contributed by atoms with Crippen molar-refractivity contribution in [2.24, 2.45) is 0 Å². The topological polar surface area (TPSA) is 55.6 Å². The molecule has 1 aliphatic heterocycles. The lowest BCUT2D eigenvalue weighted by molar-refractivity contribution is -0.147. The van der Waals surface area contributed by atoms with E-state index >= 15 is 0 Å². The fraction of sp³-hybridized carbons (Fsp3) is 0.417. The maximum Gasteiger partial charge on any atom is 0.451 e. The smallest absolute Gasteiger partial charge is 0.305 e. The van der Waals surface area contributed by atoms with Crippen molar-refractivity contribution in [3.63, 3.8) is 0 Å². The summed E-state index contributed by atoms with van der Waals surface area (Å²) in [6.45, 7) is 0.668. The third kappa shape index (κ3) is 2.38. The summed E-state index contributed by atoms with van der Waals surface area (Å²) >= 11 is 0. The number of nitrogens with one attached hydrogen (secondary N) is 1. The number of aromatic nitrogens is 4. The van der Waals surface area contributed by atoms with E-state index in [0.717, 1.165) is 10.3 Å². The normalized spacial score (nSPS) is 18.9. The quantitative estimate of drug-likeness (QED) is 0.909. The van der Waals surface area contributed by atoms with Gasteiger partial charge in [-0.15, -0.1) is 10.2 Å². The maximum absolute atomic E-state index is 12.8. The first-order valence-electron chi connectivity index (χ1n) is 6.19. The van der Waals surface area contributed by atoms with Crippen molar-refractivity contribution in [2.75, 3.05) is 6.54 Å². The molecule has 0 bridgehead atoms. The molecule has 0 aliphatic carbocycles. The lowest BCUT2D eigenvalue weighted by Crippen LogP contribution is -2.36. The Morgan fingerprint density at radius 1 is 1.30 bits per heavy atom. The van der Waals surface area contributed by atoms with Crippen molar-refractivity contribution in [3.8, 4) is 0 Å². The Labute approximate surface area is 112 Å². The second-order valence-electron chi connectivity index (χ2n) is 4.56. The average Bonchev–Trinajstić information content (AvgIpc) is 2.85. The Hall–Kier alpha value is -1.96. The zero-order valence-corrected chi connectivity index (χ0v) is 10.4. The molecular formula is C12H12F3N5. The second-order valence-corrected chi connectivity index (χ2v) is 4.56. The van der Waals surface area contributed by atoms with Crippen LogP contribution in [0.4, 0.5) is 13.2 Å². The first-order valence-corrected chi connectivity index (χ1v) is 6.19. The molecule has 0 spiro atoms. The van der Waals surface area contributed by atoms with Crippen molar-refractivity contribution < 1.29 is 13.2 Å². The van der Waals surface area contributed by atoms with Gasteiger partial charge >= 0.3 is 6.18 Å². The van der Waals surface area contributed by atoms with E-state index in [2.05, 4.69) is 20.5 Å². The molecule has 1 atom stereocenters. The zero-order valence-electron chi connectivity index (χ0n) is 10.4. The predicted molar refractivity (Wildman–Crippen MR) is 63.7 cm³/mol. The summed E-state index contributed by atoms with van der Waals surface area (Å²) in [5.41, 5.74) is 0.801. The van der Waals surface area contributed by atoms with Gasteiger partial charge in [-0.1, -0.05) is 6.07 Å². The summed E-state index contributed by atoms with van der Waals surface area (Å²) in [6.07, 6.45) is -2.33. The molecule has 0 saturated carbocycles. The van der Waals surface area contributed by atoms with E-state index in [1.54, 1.807) is 12.3 Å². The van der Waals surface area contributed by atoms with Crippen LogP contribution in [0.25, 0.3) is 0 Å². The molecule has 1 N–H and O–H groups in total. The summed E-state index contributed by atoms with van der Waals surface area (Å²) in [6, 6.07) is 5.17. The summed E-state index contributed by atoms with van der Waals surface area (Å²) in [5.74, 6) is -0.616. The predicted octanol–water partition coefficient (Wildman–Crippen LogP) is 1.58. The lowest BCUT2D eigenvalue weighted by atomic mass is 10.1. The highest BCUT2D eigenvalue weighted by Gasteiger charge is 2.40. The molecule has 8 heteroatoms. The van der Waals surface area contributed by atoms with E-state index in [1.807, 2.05) is 12.1 Å². The highest BCUT2D eigenvalue weighted by Crippen LogP contribution is 2.30. The summed E-state index contributed by atoms with van der Waals surface area (Å²) in [7, 11) is 0. The van der Waals surface area contributed by atoms with Crippen LogP contribution >= 0.6 is 0 Å². The van der Waals surface area contributed by atoms with Gasteiger partial charge in [-0.3, -0.25) is 4.98 Å². The number of rotatable bonds is 2. The maximum atomic E-state index is 12.8. The Kier molecular flexibility index (Phi) is 3.17. The van der Waals surface area contributed by atoms with Crippen molar-refractivity contribution >= 4 is 0 Å². The molecule has 5 nitrogen and oxygen atoms in total. The van der Waals surface area contributed by atoms with Gasteiger partial charge in [0, 0.05) is 31.4 Å². The fourth-order valence-electron chi connectivity index (χ4n) is 2.34. The number of fused-ring (bicyclic) bond motifs is 1. The average molecular weight is 283 g/mol. The van der Waals surface area contributed by atoms with Crippen molar-refractivity contribution in [2.45, 2.75) is 25.2 Å². The minimum Gasteiger partial charge on any atom is -0.305 e. The molecule has 0 aromatic carbocycles. The van der Waals surface area contributed by atoms with Crippen LogP contribution in [-0.4, -0.2) is 26.3 Å². The largest absolute Gasteiger partial charge is 0.451 e. The third-order valence-corrected chi connectivity index (χ3v) is 3.21. The SMILES string of the molecule is FC(F)(F)c1nnc2n1CCNC2Cc1ccccn1. The molecule has 20 heavy (non-hydrogen) atoms. The first kappa shape index (κ1) is 13.0. The molecule has 2 aromatic heterocycles. The molecule has 2 aromatic rings. The van der Waals surface area contributed by atoms with E-state index in [4.69, 9.17) is 0 Å². The third-order valence-electron chi connectivity index (χ3n) is 3.21. The van der Waals surface area contributed by atoms with Crippen LogP contribution in [0.2, 0.25) is 0 Å². The molecule has 106 valence electrons. The van der Waals surface area contributed by atoms with Crippen molar-refractivity contribution in [3.05, 3.63) is 41.7 Å². The van der Waals surface area contributed by atoms with E-state index < -0.39 is 12.0 Å². The molecule has 0 amide bonds. The molecular weight excluding hydrogens is 271 g/mol. The molecule has 1 unspecified atom stereocenters. The van der Waals surface area contributed by atoms with E-state index in [0.29, 0.717) is 18.8 Å². The second kappa shape index (κ2) is 4.86. The number of alkyl halides is 3. The summed E-state index contributed by atoms with van der Waals surface area (Å²) in [4.78, 5) is 4.18. The number of nitrogens with zero attached hydrogens (tertiary/aromatic N) is 4. The van der Waals surface area contributed by atoms with Gasteiger partial charge in [0.2, 0.25) is 5.82 Å². The van der Waals surface area contributed by atoms with Gasteiger partial charge in [-0.2, -0.15) is 13.2 Å². The van der Waals surface area contributed by atoms with Crippen LogP contribution < -0.4 is 5.32 Å². The van der Waals surface area contributed by atoms with Crippen molar-refractivity contribution in [1.29, 1.82) is 0 Å². The van der Waals surface area contributed by atoms with Crippen molar-refractivity contribution in [1.82, 2.24) is 25.1 Å². The molecule has 0 radical (unpaired) electrons. The molecule has 1 aliphatic rings. The highest BCUT2D eigenvalue weighted by molar-refractivity contribution is 5.12. The number of halogens is 3. The molecule has 3 heterocycles. The minimum absolute atomic E-state index is 0.218. The molecule has 0 saturated heterocycles. The first-order chi connectivity index (χ1) is 9.55. The van der Waals surface area contributed by atoms with Gasteiger partial charge in [0.25, 0.3) is 0 Å². The highest BCUT2D eigenvalue weighted by atomic mass is 19.4. The van der Waals surface area contributed by atoms with Gasteiger partial charge in [0.1, 0.15) is 0 Å². The summed E-state index contributed by atoms with van der Waals surface area (Å²) < 4.78 is 39.6. The van der Waals surface area contributed by atoms with Gasteiger partial charge < -0.3 is 9.88 Å². The Balaban J connectivity index is 1.90. The monoisotopic (exact) mass is 283 g/mol. The zero-order chi connectivity index (χ0) is 14.2. The van der Waals surface area contributed by atoms with Gasteiger partial charge in [-0.25, -0.2) is 0 Å². The Morgan fingerprint density at radius 3 is 2.85 bits per heavy atom. The Bertz CT molecular complexity index is 593.